The number of alkyl halides is 3. The third-order valence-electron chi connectivity index (χ3n) is 2.22. The van der Waals surface area contributed by atoms with E-state index in [1.165, 1.54) is 0 Å². The summed E-state index contributed by atoms with van der Waals surface area (Å²) in [6.45, 7) is 1.36. The number of para-hydroxylation sites is 1. The summed E-state index contributed by atoms with van der Waals surface area (Å²) in [6.07, 6.45) is -4.74. The number of nitrogens with two attached hydrogens (primary N) is 1. The van der Waals surface area contributed by atoms with Crippen molar-refractivity contribution in [3.63, 3.8) is 0 Å². The Balaban J connectivity index is 2.73. The summed E-state index contributed by atoms with van der Waals surface area (Å²) < 4.78 is 41.2. The van der Waals surface area contributed by atoms with Crippen molar-refractivity contribution in [3.8, 4) is 5.75 Å². The smallest absolute Gasteiger partial charge is 0.392 e. The number of hydrogen-bond donors (Lipinski definition) is 1. The fourth-order valence-corrected chi connectivity index (χ4v) is 1.74. The Morgan fingerprint density at radius 2 is 2.06 bits per heavy atom. The molecule has 0 aliphatic rings. The third kappa shape index (κ3) is 5.14. The highest BCUT2D eigenvalue weighted by atomic mass is 35.5. The summed E-state index contributed by atoms with van der Waals surface area (Å²) in [5, 5.41) is 0.301. The molecule has 6 heteroatoms. The second kappa shape index (κ2) is 6.29. The number of rotatable bonds is 5. The normalized spacial score (nSPS) is 13.4. The molecular formula is C12H15ClF3NO. The van der Waals surface area contributed by atoms with Crippen LogP contribution in [0.25, 0.3) is 0 Å². The highest BCUT2D eigenvalue weighted by molar-refractivity contribution is 6.32. The van der Waals surface area contributed by atoms with Crippen molar-refractivity contribution in [2.45, 2.75) is 32.0 Å². The van der Waals surface area contributed by atoms with Crippen LogP contribution in [0.1, 0.15) is 18.9 Å². The summed E-state index contributed by atoms with van der Waals surface area (Å²) in [4.78, 5) is 0. The largest absolute Gasteiger partial charge is 0.491 e. The van der Waals surface area contributed by atoms with E-state index in [1.807, 2.05) is 0 Å². The maximum atomic E-state index is 12.0. The quantitative estimate of drug-likeness (QED) is 0.896. The predicted molar refractivity (Wildman–Crippen MR) is 65.0 cm³/mol. The average molecular weight is 282 g/mol. The van der Waals surface area contributed by atoms with Gasteiger partial charge in [0, 0.05) is 6.04 Å². The van der Waals surface area contributed by atoms with Crippen molar-refractivity contribution >= 4 is 11.6 Å². The summed E-state index contributed by atoms with van der Waals surface area (Å²) in [7, 11) is 0. The minimum absolute atomic E-state index is 0.117. The van der Waals surface area contributed by atoms with Gasteiger partial charge in [-0.05, 0) is 25.0 Å². The summed E-state index contributed by atoms with van der Waals surface area (Å²) in [6, 6.07) is 4.93. The number of benzene rings is 1. The van der Waals surface area contributed by atoms with E-state index in [-0.39, 0.29) is 6.04 Å². The molecule has 0 aliphatic heterocycles. The van der Waals surface area contributed by atoms with Gasteiger partial charge in [0.15, 0.2) is 0 Å². The Labute approximate surface area is 109 Å². The second-order valence-electron chi connectivity index (χ2n) is 4.12. The van der Waals surface area contributed by atoms with E-state index in [9.17, 15) is 13.2 Å². The molecule has 0 amide bonds. The van der Waals surface area contributed by atoms with E-state index in [0.717, 1.165) is 5.56 Å². The van der Waals surface area contributed by atoms with Gasteiger partial charge in [-0.2, -0.15) is 13.2 Å². The monoisotopic (exact) mass is 281 g/mol. The van der Waals surface area contributed by atoms with Crippen molar-refractivity contribution in [2.24, 2.45) is 5.73 Å². The molecular weight excluding hydrogens is 267 g/mol. The highest BCUT2D eigenvalue weighted by Gasteiger charge is 2.27. The maximum Gasteiger partial charge on any atom is 0.392 e. The molecule has 0 saturated carbocycles. The Hall–Kier alpha value is -0.940. The van der Waals surface area contributed by atoms with Crippen LogP contribution in [0.15, 0.2) is 18.2 Å². The third-order valence-corrected chi connectivity index (χ3v) is 2.52. The van der Waals surface area contributed by atoms with Crippen molar-refractivity contribution in [1.29, 1.82) is 0 Å². The molecule has 102 valence electrons. The van der Waals surface area contributed by atoms with Gasteiger partial charge in [0.25, 0.3) is 0 Å². The van der Waals surface area contributed by atoms with E-state index >= 15 is 0 Å². The van der Waals surface area contributed by atoms with Crippen LogP contribution < -0.4 is 10.5 Å². The van der Waals surface area contributed by atoms with E-state index in [2.05, 4.69) is 0 Å². The molecule has 0 aromatic heterocycles. The number of hydrogen-bond acceptors (Lipinski definition) is 2. The van der Waals surface area contributed by atoms with Gasteiger partial charge in [0.2, 0.25) is 0 Å². The Kier molecular flexibility index (Phi) is 5.28. The lowest BCUT2D eigenvalue weighted by atomic mass is 10.1. The maximum absolute atomic E-state index is 12.0. The topological polar surface area (TPSA) is 35.2 Å². The molecule has 1 rings (SSSR count). The van der Waals surface area contributed by atoms with Crippen LogP contribution in [-0.4, -0.2) is 18.8 Å². The zero-order valence-electron chi connectivity index (χ0n) is 9.93. The van der Waals surface area contributed by atoms with Crippen molar-refractivity contribution in [1.82, 2.24) is 0 Å². The molecule has 1 aromatic rings. The lowest BCUT2D eigenvalue weighted by Crippen LogP contribution is -2.19. The van der Waals surface area contributed by atoms with Crippen LogP contribution in [-0.2, 0) is 6.42 Å². The van der Waals surface area contributed by atoms with Crippen LogP contribution >= 0.6 is 11.6 Å². The molecule has 1 unspecified atom stereocenters. The Morgan fingerprint density at radius 1 is 1.39 bits per heavy atom. The SMILES string of the molecule is CC(N)Cc1cccc(Cl)c1OCCC(F)(F)F. The first kappa shape index (κ1) is 15.1. The van der Waals surface area contributed by atoms with Crippen molar-refractivity contribution < 1.29 is 17.9 Å². The fraction of sp³-hybridized carbons (Fsp3) is 0.500. The molecule has 0 aliphatic carbocycles. The van der Waals surface area contributed by atoms with Gasteiger partial charge in [-0.1, -0.05) is 23.7 Å². The van der Waals surface area contributed by atoms with Gasteiger partial charge < -0.3 is 10.5 Å². The molecule has 0 saturated heterocycles. The minimum Gasteiger partial charge on any atom is -0.491 e. The van der Waals surface area contributed by atoms with Gasteiger partial charge in [-0.25, -0.2) is 0 Å². The number of halogens is 4. The summed E-state index contributed by atoms with van der Waals surface area (Å²) in [5.41, 5.74) is 6.38. The molecule has 0 radical (unpaired) electrons. The minimum atomic E-state index is -4.23. The molecule has 18 heavy (non-hydrogen) atoms. The van der Waals surface area contributed by atoms with Gasteiger partial charge in [0.05, 0.1) is 18.1 Å². The average Bonchev–Trinajstić information content (AvgIpc) is 2.19. The molecule has 1 aromatic carbocycles. The van der Waals surface area contributed by atoms with E-state index in [1.54, 1.807) is 25.1 Å². The standard InChI is InChI=1S/C12H15ClF3NO/c1-8(17)7-9-3-2-4-10(13)11(9)18-6-5-12(14,15)16/h2-4,8H,5-7,17H2,1H3. The highest BCUT2D eigenvalue weighted by Crippen LogP contribution is 2.30. The van der Waals surface area contributed by atoms with Gasteiger partial charge in [-0.3, -0.25) is 0 Å². The molecule has 2 N–H and O–H groups in total. The first-order valence-electron chi connectivity index (χ1n) is 5.52. The zero-order chi connectivity index (χ0) is 13.8. The van der Waals surface area contributed by atoms with E-state index < -0.39 is 19.2 Å². The van der Waals surface area contributed by atoms with Gasteiger partial charge in [0.1, 0.15) is 5.75 Å². The van der Waals surface area contributed by atoms with Crippen LogP contribution in [0.2, 0.25) is 5.02 Å². The molecule has 1 atom stereocenters. The molecule has 2 nitrogen and oxygen atoms in total. The predicted octanol–water partition coefficient (Wildman–Crippen LogP) is 3.56. The van der Waals surface area contributed by atoms with Crippen LogP contribution in [0.5, 0.6) is 5.75 Å². The lowest BCUT2D eigenvalue weighted by Gasteiger charge is -2.15. The molecule has 0 fully saturated rings. The first-order valence-corrected chi connectivity index (χ1v) is 5.90. The number of ether oxygens (including phenoxy) is 1. The summed E-state index contributed by atoms with van der Waals surface area (Å²) >= 11 is 5.92. The van der Waals surface area contributed by atoms with Crippen molar-refractivity contribution in [3.05, 3.63) is 28.8 Å². The zero-order valence-corrected chi connectivity index (χ0v) is 10.7. The van der Waals surface area contributed by atoms with Crippen molar-refractivity contribution in [2.75, 3.05) is 6.61 Å². The van der Waals surface area contributed by atoms with E-state index in [4.69, 9.17) is 22.1 Å². The molecule has 0 bridgehead atoms. The van der Waals surface area contributed by atoms with Gasteiger partial charge in [-0.15, -0.1) is 0 Å². The van der Waals surface area contributed by atoms with Crippen LogP contribution in [0, 0.1) is 0 Å². The molecule has 0 spiro atoms. The molecule has 0 heterocycles. The van der Waals surface area contributed by atoms with Crippen LogP contribution in [0.4, 0.5) is 13.2 Å². The first-order chi connectivity index (χ1) is 8.29. The summed E-state index contributed by atoms with van der Waals surface area (Å²) in [5.74, 6) is 0.292. The fourth-order valence-electron chi connectivity index (χ4n) is 1.49. The van der Waals surface area contributed by atoms with Crippen LogP contribution in [0.3, 0.4) is 0 Å². The Bertz CT molecular complexity index is 393. The second-order valence-corrected chi connectivity index (χ2v) is 4.53. The van der Waals surface area contributed by atoms with Gasteiger partial charge >= 0.3 is 6.18 Å². The lowest BCUT2D eigenvalue weighted by molar-refractivity contribution is -0.139. The van der Waals surface area contributed by atoms with E-state index in [0.29, 0.717) is 17.2 Å². The Morgan fingerprint density at radius 3 is 2.61 bits per heavy atom.